The second-order valence-electron chi connectivity index (χ2n) is 4.62. The van der Waals surface area contributed by atoms with Crippen LogP contribution in [0.15, 0.2) is 18.2 Å². The summed E-state index contributed by atoms with van der Waals surface area (Å²) in [6.45, 7) is 5.61. The Morgan fingerprint density at radius 3 is 2.71 bits per heavy atom. The van der Waals surface area contributed by atoms with E-state index < -0.39 is 12.1 Å². The summed E-state index contributed by atoms with van der Waals surface area (Å²) in [4.78, 5) is 23.2. The molecule has 1 aromatic carbocycles. The van der Waals surface area contributed by atoms with Crippen LogP contribution in [0.4, 0.5) is 0 Å². The quantitative estimate of drug-likeness (QED) is 0.785. The van der Waals surface area contributed by atoms with Crippen molar-refractivity contribution in [1.29, 1.82) is 0 Å². The van der Waals surface area contributed by atoms with Crippen molar-refractivity contribution in [2.75, 3.05) is 13.2 Å². The standard InChI is InChI=1S/C15H20ClNO4/c1-4-7-17-15(19)11(3)21-14(18)9-20-12-5-6-13(16)10(2)8-12/h5-6,8,11H,4,7,9H2,1-3H3,(H,17,19). The zero-order valence-corrected chi connectivity index (χ0v) is 13.2. The SMILES string of the molecule is CCCNC(=O)C(C)OC(=O)COc1ccc(Cl)c(C)c1. The number of rotatable bonds is 7. The number of benzene rings is 1. The highest BCUT2D eigenvalue weighted by Gasteiger charge is 2.17. The number of aryl methyl sites for hydroxylation is 1. The monoisotopic (exact) mass is 313 g/mol. The van der Waals surface area contributed by atoms with Gasteiger partial charge in [-0.05, 0) is 44.0 Å². The summed E-state index contributed by atoms with van der Waals surface area (Å²) in [6.07, 6.45) is -0.00886. The van der Waals surface area contributed by atoms with E-state index >= 15 is 0 Å². The second-order valence-corrected chi connectivity index (χ2v) is 5.03. The van der Waals surface area contributed by atoms with Gasteiger partial charge in [-0.2, -0.15) is 0 Å². The number of ether oxygens (including phenoxy) is 2. The van der Waals surface area contributed by atoms with Crippen LogP contribution in [-0.4, -0.2) is 31.1 Å². The smallest absolute Gasteiger partial charge is 0.344 e. The maximum atomic E-state index is 11.6. The molecule has 5 nitrogen and oxygen atoms in total. The van der Waals surface area contributed by atoms with Gasteiger partial charge in [-0.15, -0.1) is 0 Å². The third kappa shape index (κ3) is 6.04. The number of nitrogens with one attached hydrogen (secondary N) is 1. The normalized spacial score (nSPS) is 11.6. The molecule has 0 aliphatic heterocycles. The minimum atomic E-state index is -0.834. The number of hydrogen-bond donors (Lipinski definition) is 1. The van der Waals surface area contributed by atoms with Crippen molar-refractivity contribution in [3.8, 4) is 5.75 Å². The van der Waals surface area contributed by atoms with Crippen LogP contribution < -0.4 is 10.1 Å². The highest BCUT2D eigenvalue weighted by Crippen LogP contribution is 2.20. The van der Waals surface area contributed by atoms with E-state index in [0.29, 0.717) is 17.3 Å². The lowest BCUT2D eigenvalue weighted by atomic mass is 10.2. The summed E-state index contributed by atoms with van der Waals surface area (Å²) in [5.41, 5.74) is 0.856. The number of carbonyl (C=O) groups excluding carboxylic acids is 2. The van der Waals surface area contributed by atoms with Gasteiger partial charge in [0.05, 0.1) is 0 Å². The molecule has 0 saturated heterocycles. The fraction of sp³-hybridized carbons (Fsp3) is 0.467. The van der Waals surface area contributed by atoms with Crippen molar-refractivity contribution in [3.05, 3.63) is 28.8 Å². The summed E-state index contributed by atoms with van der Waals surface area (Å²) in [5, 5.41) is 3.28. The van der Waals surface area contributed by atoms with E-state index in [1.165, 1.54) is 6.92 Å². The number of esters is 1. The molecule has 116 valence electrons. The zero-order chi connectivity index (χ0) is 15.8. The number of amides is 1. The van der Waals surface area contributed by atoms with Gasteiger partial charge in [0, 0.05) is 11.6 Å². The molecule has 0 fully saturated rings. The predicted octanol–water partition coefficient (Wildman–Crippen LogP) is 2.49. The Bertz CT molecular complexity index is 504. The fourth-order valence-electron chi connectivity index (χ4n) is 1.53. The van der Waals surface area contributed by atoms with Crippen molar-refractivity contribution in [2.45, 2.75) is 33.3 Å². The fourth-order valence-corrected chi connectivity index (χ4v) is 1.64. The van der Waals surface area contributed by atoms with Gasteiger partial charge in [-0.25, -0.2) is 4.79 Å². The first-order valence-corrected chi connectivity index (χ1v) is 7.18. The summed E-state index contributed by atoms with van der Waals surface area (Å²) in [5.74, 6) is -0.383. The summed E-state index contributed by atoms with van der Waals surface area (Å²) >= 11 is 5.90. The Morgan fingerprint density at radius 1 is 1.38 bits per heavy atom. The van der Waals surface area contributed by atoms with E-state index in [-0.39, 0.29) is 12.5 Å². The van der Waals surface area contributed by atoms with Crippen LogP contribution in [-0.2, 0) is 14.3 Å². The van der Waals surface area contributed by atoms with E-state index in [2.05, 4.69) is 5.32 Å². The Balaban J connectivity index is 2.39. The van der Waals surface area contributed by atoms with Gasteiger partial charge in [0.1, 0.15) is 5.75 Å². The molecule has 1 amide bonds. The number of halogens is 1. The molecule has 21 heavy (non-hydrogen) atoms. The average Bonchev–Trinajstić information content (AvgIpc) is 2.45. The van der Waals surface area contributed by atoms with Crippen LogP contribution in [0.1, 0.15) is 25.8 Å². The first-order chi connectivity index (χ1) is 9.93. The lowest BCUT2D eigenvalue weighted by Crippen LogP contribution is -2.37. The molecule has 0 radical (unpaired) electrons. The molecular weight excluding hydrogens is 294 g/mol. The van der Waals surface area contributed by atoms with Gasteiger partial charge in [0.15, 0.2) is 12.7 Å². The summed E-state index contributed by atoms with van der Waals surface area (Å²) in [7, 11) is 0. The molecule has 6 heteroatoms. The topological polar surface area (TPSA) is 64.6 Å². The molecule has 1 unspecified atom stereocenters. The van der Waals surface area contributed by atoms with E-state index in [1.54, 1.807) is 18.2 Å². The molecule has 1 N–H and O–H groups in total. The van der Waals surface area contributed by atoms with Gasteiger partial charge in [0.2, 0.25) is 0 Å². The van der Waals surface area contributed by atoms with Crippen LogP contribution >= 0.6 is 11.6 Å². The lowest BCUT2D eigenvalue weighted by Gasteiger charge is -2.13. The van der Waals surface area contributed by atoms with E-state index in [4.69, 9.17) is 21.1 Å². The Hall–Kier alpha value is -1.75. The largest absolute Gasteiger partial charge is 0.482 e. The average molecular weight is 314 g/mol. The van der Waals surface area contributed by atoms with Crippen molar-refractivity contribution >= 4 is 23.5 Å². The van der Waals surface area contributed by atoms with E-state index in [9.17, 15) is 9.59 Å². The van der Waals surface area contributed by atoms with Crippen LogP contribution in [0.3, 0.4) is 0 Å². The molecule has 0 spiro atoms. The van der Waals surface area contributed by atoms with Crippen molar-refractivity contribution in [3.63, 3.8) is 0 Å². The van der Waals surface area contributed by atoms with Crippen LogP contribution in [0.5, 0.6) is 5.75 Å². The van der Waals surface area contributed by atoms with Gasteiger partial charge in [-0.1, -0.05) is 18.5 Å². The number of carbonyl (C=O) groups is 2. The summed E-state index contributed by atoms with van der Waals surface area (Å²) < 4.78 is 10.3. The first kappa shape index (κ1) is 17.3. The van der Waals surface area contributed by atoms with Gasteiger partial charge in [0.25, 0.3) is 5.91 Å². The highest BCUT2D eigenvalue weighted by molar-refractivity contribution is 6.31. The molecule has 0 bridgehead atoms. The minimum absolute atomic E-state index is 0.257. The van der Waals surface area contributed by atoms with Crippen molar-refractivity contribution in [1.82, 2.24) is 5.32 Å². The highest BCUT2D eigenvalue weighted by atomic mass is 35.5. The van der Waals surface area contributed by atoms with Crippen molar-refractivity contribution < 1.29 is 19.1 Å². The van der Waals surface area contributed by atoms with Gasteiger partial charge >= 0.3 is 5.97 Å². The third-order valence-electron chi connectivity index (χ3n) is 2.71. The minimum Gasteiger partial charge on any atom is -0.482 e. The Morgan fingerprint density at radius 2 is 2.10 bits per heavy atom. The molecule has 1 rings (SSSR count). The Labute approximate surface area is 129 Å². The van der Waals surface area contributed by atoms with E-state index in [0.717, 1.165) is 12.0 Å². The lowest BCUT2D eigenvalue weighted by molar-refractivity contribution is -0.156. The first-order valence-electron chi connectivity index (χ1n) is 6.80. The molecule has 0 aromatic heterocycles. The maximum absolute atomic E-state index is 11.6. The maximum Gasteiger partial charge on any atom is 0.344 e. The molecule has 0 heterocycles. The van der Waals surface area contributed by atoms with Crippen molar-refractivity contribution in [2.24, 2.45) is 0 Å². The van der Waals surface area contributed by atoms with Gasteiger partial charge < -0.3 is 14.8 Å². The molecule has 0 aliphatic carbocycles. The van der Waals surface area contributed by atoms with Crippen LogP contribution in [0, 0.1) is 6.92 Å². The molecule has 1 aromatic rings. The molecular formula is C15H20ClNO4. The second kappa shape index (κ2) is 8.52. The predicted molar refractivity (Wildman–Crippen MR) is 80.5 cm³/mol. The zero-order valence-electron chi connectivity index (χ0n) is 12.4. The van der Waals surface area contributed by atoms with Crippen LogP contribution in [0.2, 0.25) is 5.02 Å². The van der Waals surface area contributed by atoms with Crippen LogP contribution in [0.25, 0.3) is 0 Å². The van der Waals surface area contributed by atoms with Gasteiger partial charge in [-0.3, -0.25) is 4.79 Å². The third-order valence-corrected chi connectivity index (χ3v) is 3.14. The molecule has 1 atom stereocenters. The summed E-state index contributed by atoms with van der Waals surface area (Å²) in [6, 6.07) is 5.09. The Kier molecular flexibility index (Phi) is 7.02. The van der Waals surface area contributed by atoms with E-state index in [1.807, 2.05) is 13.8 Å². The number of hydrogen-bond acceptors (Lipinski definition) is 4. The molecule has 0 aliphatic rings. The molecule has 0 saturated carbocycles.